The zero-order valence-electron chi connectivity index (χ0n) is 25.9. The predicted octanol–water partition coefficient (Wildman–Crippen LogP) is 12.5. The van der Waals surface area contributed by atoms with Gasteiger partial charge < -0.3 is 0 Å². The number of para-hydroxylation sites is 4. The van der Waals surface area contributed by atoms with E-state index in [9.17, 15) is 0 Å². The quantitative estimate of drug-likeness (QED) is 0.155. The molecule has 0 spiro atoms. The van der Waals surface area contributed by atoms with Gasteiger partial charge in [0.1, 0.15) is 0 Å². The summed E-state index contributed by atoms with van der Waals surface area (Å²) in [4.78, 5) is 17.5. The van der Waals surface area contributed by atoms with Crippen molar-refractivity contribution in [2.24, 2.45) is 0 Å². The molecule has 230 valence electrons. The van der Waals surface area contributed by atoms with Crippen LogP contribution in [0.5, 0.6) is 0 Å². The van der Waals surface area contributed by atoms with Gasteiger partial charge >= 0.3 is 0 Å². The van der Waals surface area contributed by atoms with Crippen LogP contribution in [0.25, 0.3) is 32.3 Å². The first kappa shape index (κ1) is 29.6. The van der Waals surface area contributed by atoms with E-state index in [-0.39, 0.29) is 0 Å². The molecule has 8 rings (SSSR count). The molecule has 8 aromatic rings. The highest BCUT2D eigenvalue weighted by molar-refractivity contribution is 7.26. The summed E-state index contributed by atoms with van der Waals surface area (Å²) in [5.74, 6) is 0. The first-order valence-corrected chi connectivity index (χ1v) is 17.4. The normalized spacial score (nSPS) is 10.9. The molecule has 2 aromatic heterocycles. The minimum Gasteiger partial charge on any atom is -0.286 e. The molecule has 4 nitrogen and oxygen atoms in total. The number of nitrogens with zero attached hydrogens (tertiary/aromatic N) is 4. The molecule has 0 atom stereocenters. The van der Waals surface area contributed by atoms with Crippen LogP contribution in [0.1, 0.15) is 0 Å². The van der Waals surface area contributed by atoms with E-state index >= 15 is 0 Å². The monoisotopic (exact) mass is 654 g/mol. The fourth-order valence-electron chi connectivity index (χ4n) is 5.75. The van der Waals surface area contributed by atoms with Gasteiger partial charge in [0.05, 0.1) is 21.1 Å². The minimum atomic E-state index is 0.887. The summed E-state index contributed by atoms with van der Waals surface area (Å²) in [5.41, 5.74) is 8.21. The van der Waals surface area contributed by atoms with E-state index in [1.54, 1.807) is 22.7 Å². The van der Waals surface area contributed by atoms with Gasteiger partial charge in [0.2, 0.25) is 0 Å². The lowest BCUT2D eigenvalue weighted by atomic mass is 10.1. The van der Waals surface area contributed by atoms with Crippen molar-refractivity contribution < 1.29 is 0 Å². The van der Waals surface area contributed by atoms with Gasteiger partial charge in [-0.05, 0) is 48.5 Å². The van der Waals surface area contributed by atoms with Crippen molar-refractivity contribution in [1.82, 2.24) is 9.97 Å². The Morgan fingerprint density at radius 1 is 0.312 bits per heavy atom. The van der Waals surface area contributed by atoms with E-state index < -0.39 is 0 Å². The van der Waals surface area contributed by atoms with Crippen molar-refractivity contribution in [2.45, 2.75) is 0 Å². The van der Waals surface area contributed by atoms with Gasteiger partial charge in [-0.25, -0.2) is 9.97 Å². The average molecular weight is 655 g/mol. The van der Waals surface area contributed by atoms with Crippen molar-refractivity contribution in [2.75, 3.05) is 9.80 Å². The minimum absolute atomic E-state index is 0.887. The van der Waals surface area contributed by atoms with Gasteiger partial charge in [0, 0.05) is 33.9 Å². The molecular weight excluding hydrogens is 625 g/mol. The molecule has 48 heavy (non-hydrogen) atoms. The zero-order chi connectivity index (χ0) is 32.1. The highest BCUT2D eigenvalue weighted by Gasteiger charge is 2.27. The fraction of sp³-hybridized carbons (Fsp3) is 0. The Morgan fingerprint density at radius 3 is 0.833 bits per heavy atom. The molecule has 0 bridgehead atoms. The summed E-state index contributed by atoms with van der Waals surface area (Å²) < 4.78 is 0. The number of aromatic nitrogens is 2. The van der Waals surface area contributed by atoms with Crippen LogP contribution in [0.3, 0.4) is 0 Å². The SMILES string of the molecule is c1ccc(-c2nc(N(c3ccccc3)c3ccccc3)sc2-c2sc(N(c3ccccc3)c3ccccc3)nc2-c2ccccc2)cc1. The molecule has 6 heteroatoms. The van der Waals surface area contributed by atoms with Crippen LogP contribution in [-0.2, 0) is 0 Å². The first-order valence-electron chi connectivity index (χ1n) is 15.8. The van der Waals surface area contributed by atoms with E-state index in [0.717, 1.165) is 65.3 Å². The Kier molecular flexibility index (Phi) is 8.32. The lowest BCUT2D eigenvalue weighted by Gasteiger charge is -2.22. The number of anilines is 6. The second-order valence-corrected chi connectivity index (χ2v) is 13.0. The number of hydrogen-bond donors (Lipinski definition) is 0. The molecule has 0 fully saturated rings. The van der Waals surface area contributed by atoms with Crippen molar-refractivity contribution >= 4 is 55.7 Å². The standard InChI is InChI=1S/C42H30N4S2/c1-7-19-31(20-8-1)37-39(47-41(43-37)45(33-23-11-3-12-24-33)34-25-13-4-14-26-34)40-38(32-21-9-2-10-22-32)44-42(48-40)46(35-27-15-5-16-28-35)36-29-17-6-18-30-36/h1-30H. The second-order valence-electron chi connectivity index (χ2n) is 11.1. The summed E-state index contributed by atoms with van der Waals surface area (Å²) in [6.45, 7) is 0. The van der Waals surface area contributed by atoms with Crippen molar-refractivity contribution in [3.8, 4) is 32.3 Å². The number of thiazole rings is 2. The summed E-state index contributed by atoms with van der Waals surface area (Å²) in [6, 6.07) is 62.8. The van der Waals surface area contributed by atoms with Crippen LogP contribution in [-0.4, -0.2) is 9.97 Å². The van der Waals surface area contributed by atoms with Gasteiger partial charge in [0.25, 0.3) is 0 Å². The van der Waals surface area contributed by atoms with Crippen molar-refractivity contribution in [1.29, 1.82) is 0 Å². The van der Waals surface area contributed by atoms with Crippen LogP contribution < -0.4 is 9.80 Å². The molecule has 6 aromatic carbocycles. The highest BCUT2D eigenvalue weighted by Crippen LogP contribution is 2.51. The van der Waals surface area contributed by atoms with Gasteiger partial charge in [-0.15, -0.1) is 0 Å². The Balaban J connectivity index is 1.38. The number of rotatable bonds is 9. The van der Waals surface area contributed by atoms with Crippen LogP contribution in [0.15, 0.2) is 182 Å². The maximum Gasteiger partial charge on any atom is 0.195 e. The molecule has 0 radical (unpaired) electrons. The fourth-order valence-corrected chi connectivity index (χ4v) is 8.14. The van der Waals surface area contributed by atoms with E-state index in [1.165, 1.54) is 0 Å². The van der Waals surface area contributed by atoms with Gasteiger partial charge in [-0.3, -0.25) is 9.80 Å². The molecule has 0 saturated carbocycles. The van der Waals surface area contributed by atoms with Gasteiger partial charge in [0.15, 0.2) is 10.3 Å². The van der Waals surface area contributed by atoms with E-state index in [1.807, 2.05) is 24.3 Å². The van der Waals surface area contributed by atoms with Gasteiger partial charge in [-0.1, -0.05) is 156 Å². The molecule has 0 unspecified atom stereocenters. The van der Waals surface area contributed by atoms with Crippen LogP contribution in [0.4, 0.5) is 33.0 Å². The Morgan fingerprint density at radius 2 is 0.562 bits per heavy atom. The third kappa shape index (κ3) is 5.91. The molecule has 2 heterocycles. The molecule has 0 N–H and O–H groups in total. The molecule has 0 aliphatic rings. The summed E-state index contributed by atoms with van der Waals surface area (Å²) in [7, 11) is 0. The number of hydrogen-bond acceptors (Lipinski definition) is 6. The maximum absolute atomic E-state index is 5.42. The van der Waals surface area contributed by atoms with E-state index in [0.29, 0.717) is 0 Å². The topological polar surface area (TPSA) is 32.3 Å². The van der Waals surface area contributed by atoms with Crippen LogP contribution in [0, 0.1) is 0 Å². The molecular formula is C42H30N4S2. The Labute approximate surface area is 288 Å². The average Bonchev–Trinajstić information content (AvgIpc) is 3.80. The summed E-state index contributed by atoms with van der Waals surface area (Å²) >= 11 is 3.39. The molecule has 0 aliphatic carbocycles. The van der Waals surface area contributed by atoms with Crippen molar-refractivity contribution in [3.63, 3.8) is 0 Å². The number of benzene rings is 6. The van der Waals surface area contributed by atoms with Gasteiger partial charge in [-0.2, -0.15) is 0 Å². The maximum atomic E-state index is 5.42. The second kappa shape index (κ2) is 13.5. The summed E-state index contributed by atoms with van der Waals surface area (Å²) in [5, 5.41) is 1.77. The third-order valence-corrected chi connectivity index (χ3v) is 10.2. The van der Waals surface area contributed by atoms with Crippen LogP contribution >= 0.6 is 22.7 Å². The summed E-state index contributed by atoms with van der Waals surface area (Å²) in [6.07, 6.45) is 0. The molecule has 0 aliphatic heterocycles. The highest BCUT2D eigenvalue weighted by atomic mass is 32.1. The lowest BCUT2D eigenvalue weighted by Crippen LogP contribution is -2.09. The molecule has 0 saturated heterocycles. The molecule has 0 amide bonds. The van der Waals surface area contributed by atoms with Crippen molar-refractivity contribution in [3.05, 3.63) is 182 Å². The zero-order valence-corrected chi connectivity index (χ0v) is 27.6. The Hall–Kier alpha value is -5.82. The lowest BCUT2D eigenvalue weighted by molar-refractivity contribution is 1.23. The first-order chi connectivity index (χ1) is 23.8. The predicted molar refractivity (Wildman–Crippen MR) is 203 cm³/mol. The van der Waals surface area contributed by atoms with E-state index in [4.69, 9.17) is 9.97 Å². The largest absolute Gasteiger partial charge is 0.286 e. The smallest absolute Gasteiger partial charge is 0.195 e. The van der Waals surface area contributed by atoms with E-state index in [2.05, 4.69) is 168 Å². The Bertz CT molecular complexity index is 1980. The van der Waals surface area contributed by atoms with Crippen LogP contribution in [0.2, 0.25) is 0 Å². The third-order valence-electron chi connectivity index (χ3n) is 7.97.